The van der Waals surface area contributed by atoms with Gasteiger partial charge in [-0.3, -0.25) is 4.79 Å². The third-order valence-corrected chi connectivity index (χ3v) is 3.10. The van der Waals surface area contributed by atoms with Crippen LogP contribution in [0, 0.1) is 0 Å². The lowest BCUT2D eigenvalue weighted by atomic mass is 9.99. The van der Waals surface area contributed by atoms with Crippen LogP contribution in [0.5, 0.6) is 5.75 Å². The Morgan fingerprint density at radius 2 is 1.80 bits per heavy atom. The topological polar surface area (TPSA) is 58.6 Å². The number of carboxylic acid groups (broad SMARTS) is 1. The van der Waals surface area contributed by atoms with Crippen LogP contribution in [0.25, 0.3) is 0 Å². The molecular weight excluding hydrogens is 254 g/mol. The van der Waals surface area contributed by atoms with Crippen LogP contribution in [0.1, 0.15) is 11.5 Å². The average molecular weight is 271 g/mol. The lowest BCUT2D eigenvalue weighted by Gasteiger charge is -2.16. The van der Waals surface area contributed by atoms with Gasteiger partial charge in [-0.15, -0.1) is 0 Å². The lowest BCUT2D eigenvalue weighted by molar-refractivity contribution is -0.138. The molecule has 2 N–H and O–H groups in total. The van der Waals surface area contributed by atoms with Crippen LogP contribution in [-0.2, 0) is 4.79 Å². The van der Waals surface area contributed by atoms with Crippen LogP contribution >= 0.6 is 0 Å². The Kier molecular flexibility index (Phi) is 4.60. The first-order valence-electron chi connectivity index (χ1n) is 6.37. The highest BCUT2D eigenvalue weighted by Gasteiger charge is 2.19. The van der Waals surface area contributed by atoms with E-state index in [9.17, 15) is 9.90 Å². The van der Waals surface area contributed by atoms with Gasteiger partial charge in [0.15, 0.2) is 0 Å². The van der Waals surface area contributed by atoms with E-state index in [1.54, 1.807) is 7.11 Å². The number of anilines is 1. The van der Waals surface area contributed by atoms with Gasteiger partial charge < -0.3 is 15.2 Å². The summed E-state index contributed by atoms with van der Waals surface area (Å²) >= 11 is 0. The number of methoxy groups -OCH3 is 1. The summed E-state index contributed by atoms with van der Waals surface area (Å²) < 4.78 is 5.23. The van der Waals surface area contributed by atoms with Gasteiger partial charge in [0.2, 0.25) is 0 Å². The van der Waals surface area contributed by atoms with E-state index in [1.165, 1.54) is 0 Å². The van der Waals surface area contributed by atoms with E-state index in [0.717, 1.165) is 11.3 Å². The van der Waals surface area contributed by atoms with Gasteiger partial charge in [0.05, 0.1) is 18.7 Å². The van der Waals surface area contributed by atoms with Crippen LogP contribution in [0.3, 0.4) is 0 Å². The number of rotatable bonds is 6. The van der Waals surface area contributed by atoms with E-state index in [-0.39, 0.29) is 0 Å². The quantitative estimate of drug-likeness (QED) is 0.848. The zero-order chi connectivity index (χ0) is 14.4. The van der Waals surface area contributed by atoms with Crippen molar-refractivity contribution in [1.29, 1.82) is 0 Å². The largest absolute Gasteiger partial charge is 0.495 e. The summed E-state index contributed by atoms with van der Waals surface area (Å²) in [6.45, 7) is 0.305. The first kappa shape index (κ1) is 13.9. The first-order valence-corrected chi connectivity index (χ1v) is 6.37. The van der Waals surface area contributed by atoms with Crippen molar-refractivity contribution in [3.05, 3.63) is 60.2 Å². The summed E-state index contributed by atoms with van der Waals surface area (Å²) in [5.74, 6) is -0.746. The molecule has 2 aromatic rings. The molecule has 0 heterocycles. The number of ether oxygens (including phenoxy) is 1. The van der Waals surface area contributed by atoms with Gasteiger partial charge in [0, 0.05) is 6.54 Å². The maximum absolute atomic E-state index is 11.4. The van der Waals surface area contributed by atoms with E-state index in [0.29, 0.717) is 12.3 Å². The fourth-order valence-electron chi connectivity index (χ4n) is 2.04. The Balaban J connectivity index is 2.12. The summed E-state index contributed by atoms with van der Waals surface area (Å²) in [5, 5.41) is 12.5. The summed E-state index contributed by atoms with van der Waals surface area (Å²) in [6, 6.07) is 16.6. The number of benzene rings is 2. The molecule has 1 atom stereocenters. The van der Waals surface area contributed by atoms with E-state index >= 15 is 0 Å². The van der Waals surface area contributed by atoms with Crippen LogP contribution in [0.4, 0.5) is 5.69 Å². The second-order valence-corrected chi connectivity index (χ2v) is 4.38. The standard InChI is InChI=1S/C16H17NO3/c1-20-15-10-6-5-9-14(15)17-11-13(16(18)19)12-7-3-2-4-8-12/h2-10,13,17H,11H2,1H3,(H,18,19). The third-order valence-electron chi connectivity index (χ3n) is 3.10. The van der Waals surface area contributed by atoms with Crippen LogP contribution in [0.15, 0.2) is 54.6 Å². The molecule has 4 nitrogen and oxygen atoms in total. The Hall–Kier alpha value is -2.49. The number of carboxylic acids is 1. The second kappa shape index (κ2) is 6.61. The summed E-state index contributed by atoms with van der Waals surface area (Å²) in [7, 11) is 1.59. The Labute approximate surface area is 118 Å². The minimum absolute atomic E-state index is 0.305. The van der Waals surface area contributed by atoms with E-state index < -0.39 is 11.9 Å². The molecule has 4 heteroatoms. The van der Waals surface area contributed by atoms with Gasteiger partial charge in [-0.05, 0) is 17.7 Å². The second-order valence-electron chi connectivity index (χ2n) is 4.38. The van der Waals surface area contributed by atoms with Crippen molar-refractivity contribution in [3.63, 3.8) is 0 Å². The average Bonchev–Trinajstić information content (AvgIpc) is 2.48. The maximum atomic E-state index is 11.4. The Bertz CT molecular complexity index is 569. The van der Waals surface area contributed by atoms with Crippen molar-refractivity contribution < 1.29 is 14.6 Å². The van der Waals surface area contributed by atoms with Crippen molar-refractivity contribution in [2.24, 2.45) is 0 Å². The highest BCUT2D eigenvalue weighted by molar-refractivity contribution is 5.77. The van der Waals surface area contributed by atoms with Gasteiger partial charge in [-0.1, -0.05) is 42.5 Å². The molecule has 0 radical (unpaired) electrons. The molecular formula is C16H17NO3. The number of aliphatic carboxylic acids is 1. The van der Waals surface area contributed by atoms with E-state index in [2.05, 4.69) is 5.32 Å². The normalized spacial score (nSPS) is 11.7. The monoisotopic (exact) mass is 271 g/mol. The molecule has 0 amide bonds. The van der Waals surface area contributed by atoms with Gasteiger partial charge in [-0.2, -0.15) is 0 Å². The van der Waals surface area contributed by atoms with Gasteiger partial charge in [0.1, 0.15) is 5.75 Å². The zero-order valence-corrected chi connectivity index (χ0v) is 11.2. The van der Waals surface area contributed by atoms with E-state index in [1.807, 2.05) is 54.6 Å². The Morgan fingerprint density at radius 1 is 1.15 bits per heavy atom. The van der Waals surface area contributed by atoms with Gasteiger partial charge in [-0.25, -0.2) is 0 Å². The number of hydrogen-bond acceptors (Lipinski definition) is 3. The first-order chi connectivity index (χ1) is 9.72. The van der Waals surface area contributed by atoms with Crippen molar-refractivity contribution in [2.75, 3.05) is 19.0 Å². The van der Waals surface area contributed by atoms with Gasteiger partial charge >= 0.3 is 5.97 Å². The molecule has 2 rings (SSSR count). The molecule has 0 fully saturated rings. The minimum Gasteiger partial charge on any atom is -0.495 e. The predicted octanol–water partition coefficient (Wildman–Crippen LogP) is 2.98. The number of carbonyl (C=O) groups is 1. The molecule has 0 spiro atoms. The molecule has 0 saturated heterocycles. The molecule has 2 aromatic carbocycles. The van der Waals surface area contributed by atoms with Crippen LogP contribution in [0.2, 0.25) is 0 Å². The number of nitrogens with one attached hydrogen (secondary N) is 1. The fourth-order valence-corrected chi connectivity index (χ4v) is 2.04. The zero-order valence-electron chi connectivity index (χ0n) is 11.2. The Morgan fingerprint density at radius 3 is 2.45 bits per heavy atom. The number of para-hydroxylation sites is 2. The third kappa shape index (κ3) is 3.29. The maximum Gasteiger partial charge on any atom is 0.312 e. The van der Waals surface area contributed by atoms with Crippen molar-refractivity contribution in [3.8, 4) is 5.75 Å². The molecule has 0 saturated carbocycles. The SMILES string of the molecule is COc1ccccc1NCC(C(=O)O)c1ccccc1. The van der Waals surface area contributed by atoms with Crippen molar-refractivity contribution >= 4 is 11.7 Å². The van der Waals surface area contributed by atoms with Crippen molar-refractivity contribution in [1.82, 2.24) is 0 Å². The molecule has 0 aliphatic carbocycles. The van der Waals surface area contributed by atoms with Crippen LogP contribution in [-0.4, -0.2) is 24.7 Å². The molecule has 0 aliphatic rings. The minimum atomic E-state index is -0.849. The summed E-state index contributed by atoms with van der Waals surface area (Å²) in [6.07, 6.45) is 0. The smallest absolute Gasteiger partial charge is 0.312 e. The van der Waals surface area contributed by atoms with Gasteiger partial charge in [0.25, 0.3) is 0 Å². The molecule has 104 valence electrons. The van der Waals surface area contributed by atoms with Crippen molar-refractivity contribution in [2.45, 2.75) is 5.92 Å². The summed E-state index contributed by atoms with van der Waals surface area (Å²) in [5.41, 5.74) is 1.57. The molecule has 1 unspecified atom stereocenters. The molecule has 20 heavy (non-hydrogen) atoms. The van der Waals surface area contributed by atoms with Crippen LogP contribution < -0.4 is 10.1 Å². The number of hydrogen-bond donors (Lipinski definition) is 2. The molecule has 0 aliphatic heterocycles. The lowest BCUT2D eigenvalue weighted by Crippen LogP contribution is -2.21. The predicted molar refractivity (Wildman–Crippen MR) is 78.3 cm³/mol. The molecule has 0 bridgehead atoms. The molecule has 0 aromatic heterocycles. The van der Waals surface area contributed by atoms with E-state index in [4.69, 9.17) is 4.74 Å². The highest BCUT2D eigenvalue weighted by Crippen LogP contribution is 2.24. The summed E-state index contributed by atoms with van der Waals surface area (Å²) in [4.78, 5) is 11.4. The fraction of sp³-hybridized carbons (Fsp3) is 0.188. The highest BCUT2D eigenvalue weighted by atomic mass is 16.5.